The minimum absolute atomic E-state index is 0.207. The smallest absolute Gasteiger partial charge is 0.309 e. The first-order valence-electron chi connectivity index (χ1n) is 11.7. The normalized spacial score (nSPS) is 14.1. The molecule has 3 heterocycles. The Morgan fingerprint density at radius 1 is 1.03 bits per heavy atom. The molecule has 1 aromatic carbocycles. The highest BCUT2D eigenvalue weighted by Crippen LogP contribution is 2.24. The average Bonchev–Trinajstić information content (AvgIpc) is 3.16. The van der Waals surface area contributed by atoms with Crippen molar-refractivity contribution in [2.45, 2.75) is 33.6 Å². The summed E-state index contributed by atoms with van der Waals surface area (Å²) in [4.78, 5) is 43.1. The molecule has 0 radical (unpaired) electrons. The summed E-state index contributed by atoms with van der Waals surface area (Å²) < 4.78 is 7.46. The molecule has 8 heteroatoms. The molecule has 0 saturated carbocycles. The molecule has 1 amide bonds. The average molecular weight is 475 g/mol. The number of aryl methyl sites for hydroxylation is 2. The van der Waals surface area contributed by atoms with Gasteiger partial charge in [0.2, 0.25) is 11.7 Å². The van der Waals surface area contributed by atoms with Crippen LogP contribution in [0, 0.1) is 26.7 Å². The standard InChI is InChI=1S/C27H30N4O4/c1-17-4-7-22(8-5-17)31-18(2)14-23(19(31)3)24(32)16-35-27(34)20-10-12-30(13-11-20)25-9-6-21(15-29-25)26(28)33/h4-9,14-15,20H,10-13,16H2,1-3H3,(H2,28,33). The van der Waals surface area contributed by atoms with E-state index < -0.39 is 5.91 Å². The van der Waals surface area contributed by atoms with Gasteiger partial charge in [-0.25, -0.2) is 4.98 Å². The van der Waals surface area contributed by atoms with Crippen LogP contribution in [0.15, 0.2) is 48.7 Å². The summed E-state index contributed by atoms with van der Waals surface area (Å²) in [6.45, 7) is 6.89. The number of ether oxygens (including phenoxy) is 1. The topological polar surface area (TPSA) is 108 Å². The van der Waals surface area contributed by atoms with Gasteiger partial charge in [0.1, 0.15) is 5.82 Å². The third-order valence-electron chi connectivity index (χ3n) is 6.55. The van der Waals surface area contributed by atoms with E-state index in [1.54, 1.807) is 12.1 Å². The molecular formula is C27H30N4O4. The first-order valence-corrected chi connectivity index (χ1v) is 11.7. The van der Waals surface area contributed by atoms with Crippen molar-refractivity contribution in [3.05, 3.63) is 76.7 Å². The Morgan fingerprint density at radius 3 is 2.31 bits per heavy atom. The van der Waals surface area contributed by atoms with Crippen LogP contribution in [0.2, 0.25) is 0 Å². The number of carbonyl (C=O) groups is 3. The number of primary amides is 1. The third-order valence-corrected chi connectivity index (χ3v) is 6.55. The van der Waals surface area contributed by atoms with E-state index in [4.69, 9.17) is 10.5 Å². The number of nitrogens with zero attached hydrogens (tertiary/aromatic N) is 3. The summed E-state index contributed by atoms with van der Waals surface area (Å²) >= 11 is 0. The molecule has 1 aliphatic heterocycles. The fraction of sp³-hybridized carbons (Fsp3) is 0.333. The number of nitrogens with two attached hydrogens (primary N) is 1. The van der Waals surface area contributed by atoms with Gasteiger partial charge < -0.3 is 19.9 Å². The molecule has 0 atom stereocenters. The zero-order chi connectivity index (χ0) is 25.1. The van der Waals surface area contributed by atoms with Crippen molar-refractivity contribution >= 4 is 23.5 Å². The minimum Gasteiger partial charge on any atom is -0.457 e. The van der Waals surface area contributed by atoms with Crippen molar-refractivity contribution in [2.75, 3.05) is 24.6 Å². The lowest BCUT2D eigenvalue weighted by Gasteiger charge is -2.31. The minimum atomic E-state index is -0.517. The SMILES string of the molecule is Cc1ccc(-n2c(C)cc(C(=O)COC(=O)C3CCN(c4ccc(C(N)=O)cn4)CC3)c2C)cc1. The Morgan fingerprint density at radius 2 is 1.71 bits per heavy atom. The maximum absolute atomic E-state index is 12.9. The lowest BCUT2D eigenvalue weighted by molar-refractivity contribution is -0.148. The van der Waals surface area contributed by atoms with E-state index in [2.05, 4.69) is 9.88 Å². The summed E-state index contributed by atoms with van der Waals surface area (Å²) in [7, 11) is 0. The molecule has 0 spiro atoms. The van der Waals surface area contributed by atoms with Gasteiger partial charge in [-0.2, -0.15) is 0 Å². The monoisotopic (exact) mass is 474 g/mol. The molecule has 3 aromatic rings. The summed E-state index contributed by atoms with van der Waals surface area (Å²) in [6, 6.07) is 13.4. The number of benzene rings is 1. The van der Waals surface area contributed by atoms with E-state index in [1.165, 1.54) is 11.8 Å². The lowest BCUT2D eigenvalue weighted by Crippen LogP contribution is -2.37. The number of hydrogen-bond donors (Lipinski definition) is 1. The maximum Gasteiger partial charge on any atom is 0.309 e. The van der Waals surface area contributed by atoms with E-state index in [1.807, 2.05) is 55.7 Å². The van der Waals surface area contributed by atoms with E-state index in [0.717, 1.165) is 22.9 Å². The fourth-order valence-electron chi connectivity index (χ4n) is 4.53. The quantitative estimate of drug-likeness (QED) is 0.415. The van der Waals surface area contributed by atoms with Crippen LogP contribution in [0.5, 0.6) is 0 Å². The van der Waals surface area contributed by atoms with Crippen LogP contribution < -0.4 is 10.6 Å². The van der Waals surface area contributed by atoms with Crippen LogP contribution in [0.3, 0.4) is 0 Å². The molecule has 1 fully saturated rings. The van der Waals surface area contributed by atoms with Crippen LogP contribution in [0.1, 0.15) is 50.5 Å². The van der Waals surface area contributed by atoms with E-state index >= 15 is 0 Å². The van der Waals surface area contributed by atoms with E-state index in [0.29, 0.717) is 37.1 Å². The van der Waals surface area contributed by atoms with Gasteiger partial charge in [0, 0.05) is 41.9 Å². The highest BCUT2D eigenvalue weighted by molar-refractivity contribution is 5.99. The molecule has 0 unspecified atom stereocenters. The molecule has 182 valence electrons. The van der Waals surface area contributed by atoms with Crippen molar-refractivity contribution in [3.8, 4) is 5.69 Å². The molecule has 4 rings (SSSR count). The van der Waals surface area contributed by atoms with Crippen molar-refractivity contribution in [3.63, 3.8) is 0 Å². The summed E-state index contributed by atoms with van der Waals surface area (Å²) in [5.41, 5.74) is 10.1. The maximum atomic E-state index is 12.9. The van der Waals surface area contributed by atoms with E-state index in [9.17, 15) is 14.4 Å². The second kappa shape index (κ2) is 10.1. The summed E-state index contributed by atoms with van der Waals surface area (Å²) in [5.74, 6) is -0.592. The van der Waals surface area contributed by atoms with Crippen LogP contribution in [0.25, 0.3) is 5.69 Å². The second-order valence-corrected chi connectivity index (χ2v) is 9.02. The summed E-state index contributed by atoms with van der Waals surface area (Å²) in [5, 5.41) is 0. The molecule has 35 heavy (non-hydrogen) atoms. The largest absolute Gasteiger partial charge is 0.457 e. The number of anilines is 1. The Bertz CT molecular complexity index is 1240. The number of Topliss-reactive ketones (excluding diaryl/α,β-unsaturated/α-hetero) is 1. The number of carbonyl (C=O) groups excluding carboxylic acids is 3. The van der Waals surface area contributed by atoms with Crippen molar-refractivity contribution < 1.29 is 19.1 Å². The highest BCUT2D eigenvalue weighted by atomic mass is 16.5. The van der Waals surface area contributed by atoms with Crippen LogP contribution in [-0.2, 0) is 9.53 Å². The molecule has 0 aliphatic carbocycles. The molecule has 8 nitrogen and oxygen atoms in total. The lowest BCUT2D eigenvalue weighted by atomic mass is 9.97. The van der Waals surface area contributed by atoms with Gasteiger partial charge in [-0.15, -0.1) is 0 Å². The molecule has 2 aromatic heterocycles. The van der Waals surface area contributed by atoms with Gasteiger partial charge in [-0.1, -0.05) is 17.7 Å². The zero-order valence-corrected chi connectivity index (χ0v) is 20.3. The number of pyridine rings is 1. The number of amides is 1. The molecule has 1 aliphatic rings. The Hall–Kier alpha value is -3.94. The number of ketones is 1. The van der Waals surface area contributed by atoms with Gasteiger partial charge in [0.05, 0.1) is 11.5 Å². The Labute approximate surface area is 204 Å². The van der Waals surface area contributed by atoms with Crippen LogP contribution in [0.4, 0.5) is 5.82 Å². The molecule has 0 bridgehead atoms. The molecular weight excluding hydrogens is 444 g/mol. The molecule has 1 saturated heterocycles. The zero-order valence-electron chi connectivity index (χ0n) is 20.3. The first-order chi connectivity index (χ1) is 16.7. The molecule has 2 N–H and O–H groups in total. The van der Waals surface area contributed by atoms with Gasteiger partial charge in [0.25, 0.3) is 0 Å². The van der Waals surface area contributed by atoms with Gasteiger partial charge in [-0.3, -0.25) is 14.4 Å². The number of rotatable bonds is 7. The fourth-order valence-corrected chi connectivity index (χ4v) is 4.53. The number of aromatic nitrogens is 2. The number of piperidine rings is 1. The number of esters is 1. The second-order valence-electron chi connectivity index (χ2n) is 9.02. The highest BCUT2D eigenvalue weighted by Gasteiger charge is 2.28. The van der Waals surface area contributed by atoms with Crippen molar-refractivity contribution in [2.24, 2.45) is 11.7 Å². The Balaban J connectivity index is 1.32. The van der Waals surface area contributed by atoms with Crippen molar-refractivity contribution in [1.82, 2.24) is 9.55 Å². The first kappa shape index (κ1) is 24.2. The van der Waals surface area contributed by atoms with E-state index in [-0.39, 0.29) is 24.3 Å². The van der Waals surface area contributed by atoms with Crippen LogP contribution in [-0.4, -0.2) is 46.9 Å². The summed E-state index contributed by atoms with van der Waals surface area (Å²) in [6.07, 6.45) is 2.67. The van der Waals surface area contributed by atoms with Gasteiger partial charge in [-0.05, 0) is 63.9 Å². The van der Waals surface area contributed by atoms with Crippen molar-refractivity contribution in [1.29, 1.82) is 0 Å². The third kappa shape index (κ3) is 5.26. The Kier molecular flexibility index (Phi) is 7.00. The predicted molar refractivity (Wildman–Crippen MR) is 133 cm³/mol. The number of hydrogen-bond acceptors (Lipinski definition) is 6. The van der Waals surface area contributed by atoms with Crippen LogP contribution >= 0.6 is 0 Å². The van der Waals surface area contributed by atoms with Gasteiger partial charge >= 0.3 is 5.97 Å². The van der Waals surface area contributed by atoms with Gasteiger partial charge in [0.15, 0.2) is 6.61 Å². The predicted octanol–water partition coefficient (Wildman–Crippen LogP) is 3.54.